The fraction of sp³-hybridized carbons (Fsp3) is 0.333. The number of terminal acetylenes is 1. The van der Waals surface area contributed by atoms with Crippen LogP contribution in [-0.4, -0.2) is 21.5 Å². The van der Waals surface area contributed by atoms with Crippen molar-refractivity contribution < 1.29 is 9.53 Å². The molecule has 1 atom stereocenters. The summed E-state index contributed by atoms with van der Waals surface area (Å²) in [4.78, 5) is 11.9. The third-order valence-corrected chi connectivity index (χ3v) is 3.44. The average molecular weight is 346 g/mol. The number of benzene rings is 1. The third-order valence-electron chi connectivity index (χ3n) is 3.07. The minimum atomic E-state index is -0.660. The van der Waals surface area contributed by atoms with Gasteiger partial charge in [0.1, 0.15) is 11.6 Å². The predicted molar refractivity (Wildman–Crippen MR) is 93.7 cm³/mol. The van der Waals surface area contributed by atoms with Crippen molar-refractivity contribution in [2.45, 2.75) is 39.0 Å². The summed E-state index contributed by atoms with van der Waals surface area (Å²) in [7, 11) is 0. The quantitative estimate of drug-likeness (QED) is 0.858. The number of alkyl carbamates (subject to hydrolysis) is 1. The highest BCUT2D eigenvalue weighted by molar-refractivity contribution is 6.31. The molecule has 0 fully saturated rings. The highest BCUT2D eigenvalue weighted by Gasteiger charge is 2.20. The molecule has 1 N–H and O–H groups in total. The van der Waals surface area contributed by atoms with Gasteiger partial charge in [-0.25, -0.2) is 4.79 Å². The number of aromatic nitrogens is 2. The zero-order valence-electron chi connectivity index (χ0n) is 13.9. The van der Waals surface area contributed by atoms with Crippen molar-refractivity contribution in [1.29, 1.82) is 0 Å². The second-order valence-electron chi connectivity index (χ2n) is 6.28. The Balaban J connectivity index is 2.06. The second kappa shape index (κ2) is 7.41. The molecule has 0 aliphatic rings. The van der Waals surface area contributed by atoms with Gasteiger partial charge in [0.15, 0.2) is 0 Å². The molecule has 1 amide bonds. The van der Waals surface area contributed by atoms with Crippen LogP contribution >= 0.6 is 11.6 Å². The van der Waals surface area contributed by atoms with E-state index in [4.69, 9.17) is 22.8 Å². The van der Waals surface area contributed by atoms with Crippen LogP contribution in [0.4, 0.5) is 4.79 Å². The highest BCUT2D eigenvalue weighted by Crippen LogP contribution is 2.17. The molecule has 1 aromatic heterocycles. The first-order chi connectivity index (χ1) is 11.3. The maximum Gasteiger partial charge on any atom is 0.408 e. The zero-order chi connectivity index (χ0) is 17.7. The lowest BCUT2D eigenvalue weighted by Gasteiger charge is -2.21. The Hall–Kier alpha value is -2.45. The van der Waals surface area contributed by atoms with Crippen molar-refractivity contribution in [3.05, 3.63) is 52.8 Å². The van der Waals surface area contributed by atoms with Crippen LogP contribution in [-0.2, 0) is 11.3 Å². The Morgan fingerprint density at radius 3 is 2.75 bits per heavy atom. The monoisotopic (exact) mass is 345 g/mol. The van der Waals surface area contributed by atoms with Gasteiger partial charge >= 0.3 is 6.09 Å². The van der Waals surface area contributed by atoms with E-state index < -0.39 is 17.7 Å². The summed E-state index contributed by atoms with van der Waals surface area (Å²) in [6, 6.07) is 8.65. The predicted octanol–water partition coefficient (Wildman–Crippen LogP) is 3.78. The van der Waals surface area contributed by atoms with Crippen LogP contribution in [0.3, 0.4) is 0 Å². The van der Waals surface area contributed by atoms with Gasteiger partial charge in [0.05, 0.1) is 12.2 Å². The molecular formula is C18H20ClN3O2. The minimum Gasteiger partial charge on any atom is -0.444 e. The topological polar surface area (TPSA) is 56.1 Å². The Morgan fingerprint density at radius 2 is 2.12 bits per heavy atom. The number of halogens is 1. The molecule has 2 aromatic rings. The van der Waals surface area contributed by atoms with Gasteiger partial charge < -0.3 is 10.1 Å². The van der Waals surface area contributed by atoms with E-state index in [1.807, 2.05) is 24.3 Å². The van der Waals surface area contributed by atoms with Crippen molar-refractivity contribution in [1.82, 2.24) is 15.1 Å². The zero-order valence-corrected chi connectivity index (χ0v) is 14.7. The molecule has 0 aliphatic heterocycles. The minimum absolute atomic E-state index is 0.517. The molecule has 5 nitrogen and oxygen atoms in total. The van der Waals surface area contributed by atoms with Crippen molar-refractivity contribution in [3.8, 4) is 12.3 Å². The summed E-state index contributed by atoms with van der Waals surface area (Å²) in [5, 5.41) is 7.72. The van der Waals surface area contributed by atoms with Crippen LogP contribution < -0.4 is 5.32 Å². The summed E-state index contributed by atoms with van der Waals surface area (Å²) in [6.45, 7) is 5.88. The Morgan fingerprint density at radius 1 is 1.42 bits per heavy atom. The second-order valence-corrected chi connectivity index (χ2v) is 6.68. The number of nitrogens with zero attached hydrogens (tertiary/aromatic N) is 2. The summed E-state index contributed by atoms with van der Waals surface area (Å²) in [6.07, 6.45) is 6.73. The lowest BCUT2D eigenvalue weighted by molar-refractivity contribution is 0.0515. The summed E-state index contributed by atoms with van der Waals surface area (Å²) >= 11 is 6.15. The van der Waals surface area contributed by atoms with Gasteiger partial charge in [-0.3, -0.25) is 4.68 Å². The Bertz CT molecular complexity index is 756. The molecule has 0 saturated carbocycles. The lowest BCUT2D eigenvalue weighted by atomic mass is 10.2. The first-order valence-electron chi connectivity index (χ1n) is 7.51. The van der Waals surface area contributed by atoms with Crippen LogP contribution in [0.25, 0.3) is 0 Å². The fourth-order valence-corrected chi connectivity index (χ4v) is 2.24. The van der Waals surface area contributed by atoms with E-state index in [1.54, 1.807) is 37.7 Å². The van der Waals surface area contributed by atoms with Gasteiger partial charge in [-0.1, -0.05) is 35.7 Å². The molecule has 1 aromatic carbocycles. The van der Waals surface area contributed by atoms with E-state index in [0.717, 1.165) is 5.56 Å². The number of hydrogen-bond acceptors (Lipinski definition) is 3. The fourth-order valence-electron chi connectivity index (χ4n) is 2.05. The summed E-state index contributed by atoms with van der Waals surface area (Å²) < 4.78 is 6.93. The van der Waals surface area contributed by atoms with E-state index in [1.165, 1.54) is 0 Å². The van der Waals surface area contributed by atoms with Crippen molar-refractivity contribution >= 4 is 17.7 Å². The smallest absolute Gasteiger partial charge is 0.408 e. The summed E-state index contributed by atoms with van der Waals surface area (Å²) in [5.74, 6) is 2.51. The average Bonchev–Trinajstić information content (AvgIpc) is 2.94. The largest absolute Gasteiger partial charge is 0.444 e. The van der Waals surface area contributed by atoms with Gasteiger partial charge in [-0.15, -0.1) is 6.42 Å². The number of nitrogens with one attached hydrogen (secondary N) is 1. The Kier molecular flexibility index (Phi) is 5.53. The molecular weight excluding hydrogens is 326 g/mol. The van der Waals surface area contributed by atoms with Crippen molar-refractivity contribution in [2.75, 3.05) is 0 Å². The molecule has 2 rings (SSSR count). The Labute approximate surface area is 147 Å². The van der Waals surface area contributed by atoms with Gasteiger partial charge in [0, 0.05) is 11.2 Å². The van der Waals surface area contributed by atoms with E-state index in [9.17, 15) is 4.79 Å². The van der Waals surface area contributed by atoms with Crippen LogP contribution in [0.2, 0.25) is 5.02 Å². The van der Waals surface area contributed by atoms with Crippen molar-refractivity contribution in [3.63, 3.8) is 0 Å². The maximum absolute atomic E-state index is 11.9. The van der Waals surface area contributed by atoms with E-state index in [0.29, 0.717) is 17.3 Å². The third kappa shape index (κ3) is 5.04. The van der Waals surface area contributed by atoms with Gasteiger partial charge in [0.25, 0.3) is 0 Å². The van der Waals surface area contributed by atoms with Crippen LogP contribution in [0.15, 0.2) is 36.5 Å². The number of ether oxygens (including phenoxy) is 1. The van der Waals surface area contributed by atoms with Crippen LogP contribution in [0, 0.1) is 12.3 Å². The van der Waals surface area contributed by atoms with Gasteiger partial charge in [0.2, 0.25) is 0 Å². The number of hydrogen-bond donors (Lipinski definition) is 1. The molecule has 126 valence electrons. The molecule has 1 heterocycles. The SMILES string of the molecule is C#C[C@H](NC(=O)OC(C)(C)C)c1ccn(Cc2ccccc2Cl)n1. The molecule has 0 saturated heterocycles. The van der Waals surface area contributed by atoms with Crippen LogP contribution in [0.5, 0.6) is 0 Å². The first kappa shape index (κ1) is 17.9. The first-order valence-corrected chi connectivity index (χ1v) is 7.88. The number of rotatable bonds is 4. The van der Waals surface area contributed by atoms with Crippen molar-refractivity contribution in [2.24, 2.45) is 0 Å². The van der Waals surface area contributed by atoms with Crippen LogP contribution in [0.1, 0.15) is 38.1 Å². The molecule has 24 heavy (non-hydrogen) atoms. The lowest BCUT2D eigenvalue weighted by Crippen LogP contribution is -2.34. The molecule has 0 bridgehead atoms. The van der Waals surface area contributed by atoms with E-state index in [2.05, 4.69) is 16.3 Å². The molecule has 6 heteroatoms. The molecule has 0 spiro atoms. The normalized spacial score (nSPS) is 12.3. The number of carbonyl (C=O) groups excluding carboxylic acids is 1. The van der Waals surface area contributed by atoms with E-state index >= 15 is 0 Å². The molecule has 0 unspecified atom stereocenters. The number of carbonyl (C=O) groups is 1. The maximum atomic E-state index is 11.9. The number of amides is 1. The van der Waals surface area contributed by atoms with Gasteiger partial charge in [-0.2, -0.15) is 5.10 Å². The standard InChI is InChI=1S/C18H20ClN3O2/c1-5-15(20-17(23)24-18(2,3)4)16-10-11-22(21-16)12-13-8-6-7-9-14(13)19/h1,6-11,15H,12H2,2-4H3,(H,20,23)/t15-/m0/s1. The molecule has 0 aliphatic carbocycles. The summed E-state index contributed by atoms with van der Waals surface area (Å²) in [5.41, 5.74) is 0.925. The van der Waals surface area contributed by atoms with E-state index in [-0.39, 0.29) is 0 Å². The highest BCUT2D eigenvalue weighted by atomic mass is 35.5. The molecule has 0 radical (unpaired) electrons. The van der Waals surface area contributed by atoms with Gasteiger partial charge in [-0.05, 0) is 38.5 Å².